The molecule has 0 radical (unpaired) electrons. The molecule has 0 saturated carbocycles. The highest BCUT2D eigenvalue weighted by molar-refractivity contribution is 6.30. The first-order valence-corrected chi connectivity index (χ1v) is 9.76. The predicted molar refractivity (Wildman–Crippen MR) is 109 cm³/mol. The summed E-state index contributed by atoms with van der Waals surface area (Å²) in [5.74, 6) is -0.142. The van der Waals surface area contributed by atoms with Crippen molar-refractivity contribution in [1.82, 2.24) is 5.32 Å². The third-order valence-electron chi connectivity index (χ3n) is 5.30. The highest BCUT2D eigenvalue weighted by atomic mass is 35.5. The molecule has 0 aromatic heterocycles. The summed E-state index contributed by atoms with van der Waals surface area (Å²) in [5, 5.41) is 3.00. The highest BCUT2D eigenvalue weighted by Crippen LogP contribution is 2.48. The summed E-state index contributed by atoms with van der Waals surface area (Å²) >= 11 is 6.11. The molecule has 3 rings (SSSR count). The van der Waals surface area contributed by atoms with E-state index < -0.39 is 11.6 Å². The van der Waals surface area contributed by atoms with E-state index in [9.17, 15) is 18.0 Å². The average Bonchev–Trinajstić information content (AvgIpc) is 3.13. The van der Waals surface area contributed by atoms with Crippen LogP contribution in [0.5, 0.6) is 0 Å². The van der Waals surface area contributed by atoms with Crippen LogP contribution >= 0.6 is 11.6 Å². The van der Waals surface area contributed by atoms with Gasteiger partial charge in [-0.2, -0.15) is 13.2 Å². The molecular formula is C22H22ClF3N2O. The molecule has 2 aromatic carbocycles. The Morgan fingerprint density at radius 2 is 1.86 bits per heavy atom. The van der Waals surface area contributed by atoms with Gasteiger partial charge in [0.1, 0.15) is 5.41 Å². The van der Waals surface area contributed by atoms with Crippen LogP contribution in [0.3, 0.4) is 0 Å². The lowest BCUT2D eigenvalue weighted by Gasteiger charge is -2.32. The van der Waals surface area contributed by atoms with Gasteiger partial charge in [0, 0.05) is 30.6 Å². The number of aryl methyl sites for hydroxylation is 1. The third-order valence-corrected chi connectivity index (χ3v) is 5.52. The maximum atomic E-state index is 14.2. The summed E-state index contributed by atoms with van der Waals surface area (Å²) in [6.07, 6.45) is -4.09. The number of amides is 1. The van der Waals surface area contributed by atoms with Crippen molar-refractivity contribution < 1.29 is 18.0 Å². The van der Waals surface area contributed by atoms with Crippen molar-refractivity contribution in [2.75, 3.05) is 6.54 Å². The molecule has 29 heavy (non-hydrogen) atoms. The number of benzene rings is 2. The third kappa shape index (κ3) is 4.47. The van der Waals surface area contributed by atoms with E-state index in [1.807, 2.05) is 6.92 Å². The van der Waals surface area contributed by atoms with Gasteiger partial charge in [-0.15, -0.1) is 0 Å². The van der Waals surface area contributed by atoms with E-state index in [4.69, 9.17) is 11.6 Å². The average molecular weight is 423 g/mol. The minimum absolute atomic E-state index is 0.142. The number of hydrogen-bond acceptors (Lipinski definition) is 2. The van der Waals surface area contributed by atoms with Crippen LogP contribution in [0.4, 0.5) is 13.2 Å². The molecule has 0 bridgehead atoms. The molecule has 1 N–H and O–H groups in total. The van der Waals surface area contributed by atoms with E-state index >= 15 is 0 Å². The Bertz CT molecular complexity index is 938. The molecule has 154 valence electrons. The monoisotopic (exact) mass is 422 g/mol. The summed E-state index contributed by atoms with van der Waals surface area (Å²) in [6.45, 7) is 3.33. The zero-order valence-electron chi connectivity index (χ0n) is 16.2. The molecule has 0 aliphatic carbocycles. The maximum Gasteiger partial charge on any atom is 0.400 e. The SMILES string of the molecule is CCc1cc(Cl)cc(C2(C(F)(F)F)CN=C(c3ccc(CNC(C)=O)cc3)C2)c1. The molecule has 1 amide bonds. The van der Waals surface area contributed by atoms with Crippen LogP contribution in [0.1, 0.15) is 42.5 Å². The predicted octanol–water partition coefficient (Wildman–Crippen LogP) is 5.23. The summed E-state index contributed by atoms with van der Waals surface area (Å²) in [6, 6.07) is 11.8. The van der Waals surface area contributed by atoms with Crippen molar-refractivity contribution in [3.8, 4) is 0 Å². The molecular weight excluding hydrogens is 401 g/mol. The van der Waals surface area contributed by atoms with Crippen LogP contribution in [0.2, 0.25) is 5.02 Å². The smallest absolute Gasteiger partial charge is 0.352 e. The Morgan fingerprint density at radius 3 is 2.45 bits per heavy atom. The van der Waals surface area contributed by atoms with Gasteiger partial charge in [-0.1, -0.05) is 48.9 Å². The number of carbonyl (C=O) groups is 1. The molecule has 0 saturated heterocycles. The summed E-state index contributed by atoms with van der Waals surface area (Å²) in [4.78, 5) is 15.3. The van der Waals surface area contributed by atoms with Gasteiger partial charge in [0.15, 0.2) is 0 Å². The van der Waals surface area contributed by atoms with Gasteiger partial charge in [0.05, 0.1) is 6.54 Å². The van der Waals surface area contributed by atoms with Gasteiger partial charge < -0.3 is 5.32 Å². The molecule has 1 unspecified atom stereocenters. The van der Waals surface area contributed by atoms with Crippen molar-refractivity contribution in [1.29, 1.82) is 0 Å². The standard InChI is InChI=1S/C22H22ClF3N2O/c1-3-15-8-18(10-19(23)9-15)21(22(24,25)26)11-20(28-13-21)17-6-4-16(5-7-17)12-27-14(2)29/h4-10H,3,11-13H2,1-2H3,(H,27,29). The van der Waals surface area contributed by atoms with Crippen molar-refractivity contribution >= 4 is 23.2 Å². The number of alkyl halides is 3. The highest BCUT2D eigenvalue weighted by Gasteiger charge is 2.58. The summed E-state index contributed by atoms with van der Waals surface area (Å²) < 4.78 is 42.7. The zero-order chi connectivity index (χ0) is 21.2. The number of hydrogen-bond donors (Lipinski definition) is 1. The largest absolute Gasteiger partial charge is 0.400 e. The first-order chi connectivity index (χ1) is 13.6. The molecule has 0 fully saturated rings. The van der Waals surface area contributed by atoms with Crippen molar-refractivity contribution in [2.24, 2.45) is 4.99 Å². The molecule has 1 heterocycles. The number of halogens is 4. The normalized spacial score (nSPS) is 19.2. The first-order valence-electron chi connectivity index (χ1n) is 9.38. The van der Waals surface area contributed by atoms with Crippen molar-refractivity contribution in [3.63, 3.8) is 0 Å². The van der Waals surface area contributed by atoms with Gasteiger partial charge in [-0.25, -0.2) is 0 Å². The lowest BCUT2D eigenvalue weighted by Crippen LogP contribution is -2.43. The minimum Gasteiger partial charge on any atom is -0.352 e. The first kappa shape index (κ1) is 21.4. The Balaban J connectivity index is 1.89. The van der Waals surface area contributed by atoms with Crippen LogP contribution < -0.4 is 5.32 Å². The van der Waals surface area contributed by atoms with Gasteiger partial charge in [0.25, 0.3) is 0 Å². The van der Waals surface area contributed by atoms with Crippen LogP contribution in [0, 0.1) is 0 Å². The second-order valence-corrected chi connectivity index (χ2v) is 7.76. The quantitative estimate of drug-likeness (QED) is 0.704. The Kier molecular flexibility index (Phi) is 6.03. The number of rotatable bonds is 5. The van der Waals surface area contributed by atoms with Crippen LogP contribution in [-0.2, 0) is 23.2 Å². The Labute approximate surface area is 173 Å². The number of aliphatic imine (C=N–C) groups is 1. The van der Waals surface area contributed by atoms with Gasteiger partial charge >= 0.3 is 6.18 Å². The molecule has 7 heteroatoms. The Morgan fingerprint density at radius 1 is 1.17 bits per heavy atom. The molecule has 1 aliphatic heterocycles. The fraction of sp³-hybridized carbons (Fsp3) is 0.364. The van der Waals surface area contributed by atoms with E-state index in [1.54, 1.807) is 36.4 Å². The minimum atomic E-state index is -4.46. The second kappa shape index (κ2) is 8.19. The van der Waals surface area contributed by atoms with E-state index in [0.717, 1.165) is 11.1 Å². The molecule has 0 spiro atoms. The molecule has 1 atom stereocenters. The fourth-order valence-corrected chi connectivity index (χ4v) is 3.80. The summed E-state index contributed by atoms with van der Waals surface area (Å²) in [7, 11) is 0. The van der Waals surface area contributed by atoms with Crippen molar-refractivity contribution in [2.45, 2.75) is 44.8 Å². The van der Waals surface area contributed by atoms with Gasteiger partial charge in [0.2, 0.25) is 5.91 Å². The van der Waals surface area contributed by atoms with Crippen molar-refractivity contribution in [3.05, 3.63) is 69.7 Å². The lowest BCUT2D eigenvalue weighted by molar-refractivity contribution is -0.183. The lowest BCUT2D eigenvalue weighted by atomic mass is 9.76. The number of nitrogens with one attached hydrogen (secondary N) is 1. The van der Waals surface area contributed by atoms with E-state index in [1.165, 1.54) is 13.0 Å². The topological polar surface area (TPSA) is 41.5 Å². The van der Waals surface area contributed by atoms with E-state index in [2.05, 4.69) is 10.3 Å². The zero-order valence-corrected chi connectivity index (χ0v) is 17.0. The molecule has 2 aromatic rings. The second-order valence-electron chi connectivity index (χ2n) is 7.33. The van der Waals surface area contributed by atoms with Crippen LogP contribution in [0.15, 0.2) is 47.5 Å². The Hall–Kier alpha value is -2.34. The number of nitrogens with zero attached hydrogens (tertiary/aromatic N) is 1. The molecule has 3 nitrogen and oxygen atoms in total. The van der Waals surface area contributed by atoms with Gasteiger partial charge in [-0.3, -0.25) is 9.79 Å². The summed E-state index contributed by atoms with van der Waals surface area (Å²) in [5.41, 5.74) is 0.799. The number of carbonyl (C=O) groups excluding carboxylic acids is 1. The van der Waals surface area contributed by atoms with E-state index in [0.29, 0.717) is 29.3 Å². The van der Waals surface area contributed by atoms with Crippen LogP contribution in [0.25, 0.3) is 0 Å². The fourth-order valence-electron chi connectivity index (χ4n) is 3.54. The molecule has 1 aliphatic rings. The van der Waals surface area contributed by atoms with Crippen LogP contribution in [-0.4, -0.2) is 24.3 Å². The maximum absolute atomic E-state index is 14.2. The van der Waals surface area contributed by atoms with E-state index in [-0.39, 0.29) is 24.4 Å². The van der Waals surface area contributed by atoms with Gasteiger partial charge in [-0.05, 0) is 40.8 Å².